The molecule has 0 bridgehead atoms. The van der Waals surface area contributed by atoms with Gasteiger partial charge in [0.2, 0.25) is 5.91 Å². The number of nitrogens with two attached hydrogens (primary N) is 1. The maximum Gasteiger partial charge on any atom is 0.246 e. The van der Waals surface area contributed by atoms with Crippen molar-refractivity contribution in [1.29, 1.82) is 0 Å². The van der Waals surface area contributed by atoms with Crippen LogP contribution in [-0.4, -0.2) is 30.8 Å². The fourth-order valence-electron chi connectivity index (χ4n) is 0.939. The van der Waals surface area contributed by atoms with Crippen molar-refractivity contribution >= 4 is 5.91 Å². The summed E-state index contributed by atoms with van der Waals surface area (Å²) in [5, 5.41) is 0. The lowest BCUT2D eigenvalue weighted by Crippen LogP contribution is -2.32. The molecule has 2 N–H and O–H groups in total. The normalized spacial score (nSPS) is 14.0. The second-order valence-corrected chi connectivity index (χ2v) is 4.13. The van der Waals surface area contributed by atoms with E-state index < -0.39 is 12.0 Å². The molecule has 0 saturated heterocycles. The Bertz CT molecular complexity index is 175. The van der Waals surface area contributed by atoms with Gasteiger partial charge in [-0.2, -0.15) is 0 Å². The van der Waals surface area contributed by atoms with E-state index in [0.29, 0.717) is 19.6 Å². The predicted octanol–water partition coefficient (Wildman–Crippen LogP) is 1.08. The smallest absolute Gasteiger partial charge is 0.246 e. The maximum atomic E-state index is 10.8. The topological polar surface area (TPSA) is 61.6 Å². The van der Waals surface area contributed by atoms with Crippen LogP contribution in [0, 0.1) is 0 Å². The van der Waals surface area contributed by atoms with Crippen LogP contribution >= 0.6 is 0 Å². The molecule has 0 fully saturated rings. The number of carbonyl (C=O) groups is 1. The van der Waals surface area contributed by atoms with Crippen LogP contribution in [-0.2, 0) is 14.3 Å². The van der Waals surface area contributed by atoms with E-state index in [1.54, 1.807) is 0 Å². The van der Waals surface area contributed by atoms with Crippen molar-refractivity contribution in [2.45, 2.75) is 45.8 Å². The van der Waals surface area contributed by atoms with Crippen molar-refractivity contribution in [3.63, 3.8) is 0 Å². The van der Waals surface area contributed by atoms with E-state index in [9.17, 15) is 4.79 Å². The Morgan fingerprint density at radius 1 is 1.36 bits per heavy atom. The van der Waals surface area contributed by atoms with Gasteiger partial charge in [-0.3, -0.25) is 4.79 Å². The minimum absolute atomic E-state index is 0.169. The lowest BCUT2D eigenvalue weighted by atomic mass is 10.2. The maximum absolute atomic E-state index is 10.8. The Kier molecular flexibility index (Phi) is 5.72. The van der Waals surface area contributed by atoms with Crippen LogP contribution in [0.2, 0.25) is 0 Å². The van der Waals surface area contributed by atoms with E-state index in [-0.39, 0.29) is 5.60 Å². The van der Waals surface area contributed by atoms with E-state index in [0.717, 1.165) is 0 Å². The molecule has 14 heavy (non-hydrogen) atoms. The molecule has 0 spiro atoms. The van der Waals surface area contributed by atoms with Crippen LogP contribution in [0.5, 0.6) is 0 Å². The predicted molar refractivity (Wildman–Crippen MR) is 54.9 cm³/mol. The molecule has 0 aromatic rings. The highest BCUT2D eigenvalue weighted by molar-refractivity contribution is 5.78. The molecule has 0 aliphatic rings. The number of rotatable bonds is 6. The number of hydrogen-bond acceptors (Lipinski definition) is 3. The SMILES string of the molecule is CCC(OCCOC(C)(C)C)C(N)=O. The standard InChI is InChI=1S/C10H21NO3/c1-5-8(9(11)12)13-6-7-14-10(2,3)4/h8H,5-7H2,1-4H3,(H2,11,12). The molecule has 4 nitrogen and oxygen atoms in total. The summed E-state index contributed by atoms with van der Waals surface area (Å²) in [7, 11) is 0. The van der Waals surface area contributed by atoms with Crippen LogP contribution in [0.25, 0.3) is 0 Å². The first-order valence-electron chi connectivity index (χ1n) is 4.91. The number of hydrogen-bond donors (Lipinski definition) is 1. The highest BCUT2D eigenvalue weighted by Crippen LogP contribution is 2.06. The molecule has 0 radical (unpaired) electrons. The van der Waals surface area contributed by atoms with Gasteiger partial charge in [-0.15, -0.1) is 0 Å². The van der Waals surface area contributed by atoms with E-state index in [4.69, 9.17) is 15.2 Å². The molecule has 4 heteroatoms. The molecule has 0 rings (SSSR count). The third-order valence-electron chi connectivity index (χ3n) is 1.63. The van der Waals surface area contributed by atoms with Gasteiger partial charge in [0.15, 0.2) is 0 Å². The van der Waals surface area contributed by atoms with Crippen molar-refractivity contribution in [3.8, 4) is 0 Å². The Morgan fingerprint density at radius 3 is 2.29 bits per heavy atom. The van der Waals surface area contributed by atoms with Gasteiger partial charge < -0.3 is 15.2 Å². The molecule has 84 valence electrons. The number of ether oxygens (including phenoxy) is 2. The summed E-state index contributed by atoms with van der Waals surface area (Å²) in [6.45, 7) is 8.65. The molecule has 0 aliphatic carbocycles. The van der Waals surface area contributed by atoms with Crippen molar-refractivity contribution in [3.05, 3.63) is 0 Å². The van der Waals surface area contributed by atoms with Crippen LogP contribution in [0.4, 0.5) is 0 Å². The van der Waals surface area contributed by atoms with Gasteiger partial charge >= 0.3 is 0 Å². The second kappa shape index (κ2) is 5.98. The largest absolute Gasteiger partial charge is 0.373 e. The molecule has 0 saturated carbocycles. The lowest BCUT2D eigenvalue weighted by Gasteiger charge is -2.20. The van der Waals surface area contributed by atoms with E-state index >= 15 is 0 Å². The summed E-state index contributed by atoms with van der Waals surface area (Å²) in [6.07, 6.45) is 0.115. The zero-order valence-electron chi connectivity index (χ0n) is 9.50. The Hall–Kier alpha value is -0.610. The molecular weight excluding hydrogens is 182 g/mol. The molecule has 1 unspecified atom stereocenters. The summed E-state index contributed by atoms with van der Waals surface area (Å²) >= 11 is 0. The molecule has 0 aromatic carbocycles. The average Bonchev–Trinajstić information content (AvgIpc) is 2.01. The summed E-state index contributed by atoms with van der Waals surface area (Å²) in [4.78, 5) is 10.8. The highest BCUT2D eigenvalue weighted by Gasteiger charge is 2.14. The fourth-order valence-corrected chi connectivity index (χ4v) is 0.939. The van der Waals surface area contributed by atoms with Crippen LogP contribution in [0.1, 0.15) is 34.1 Å². The first kappa shape index (κ1) is 13.4. The van der Waals surface area contributed by atoms with Crippen molar-refractivity contribution < 1.29 is 14.3 Å². The Balaban J connectivity index is 3.58. The Morgan fingerprint density at radius 2 is 1.93 bits per heavy atom. The lowest BCUT2D eigenvalue weighted by molar-refractivity contribution is -0.131. The van der Waals surface area contributed by atoms with Gasteiger partial charge in [-0.05, 0) is 27.2 Å². The molecule has 0 heterocycles. The molecule has 1 atom stereocenters. The molecule has 1 amide bonds. The molecule has 0 aromatic heterocycles. The first-order valence-corrected chi connectivity index (χ1v) is 4.91. The van der Waals surface area contributed by atoms with Gasteiger partial charge in [0.1, 0.15) is 6.10 Å². The minimum atomic E-state index is -0.487. The number of primary amides is 1. The monoisotopic (exact) mass is 203 g/mol. The first-order chi connectivity index (χ1) is 6.37. The summed E-state index contributed by atoms with van der Waals surface area (Å²) in [6, 6.07) is 0. The van der Waals surface area contributed by atoms with Crippen LogP contribution in [0.15, 0.2) is 0 Å². The van der Waals surface area contributed by atoms with Crippen LogP contribution < -0.4 is 5.73 Å². The van der Waals surface area contributed by atoms with E-state index in [1.807, 2.05) is 27.7 Å². The zero-order chi connectivity index (χ0) is 11.2. The van der Waals surface area contributed by atoms with Gasteiger partial charge in [-0.1, -0.05) is 6.92 Å². The quantitative estimate of drug-likeness (QED) is 0.657. The zero-order valence-corrected chi connectivity index (χ0v) is 9.50. The second-order valence-electron chi connectivity index (χ2n) is 4.13. The van der Waals surface area contributed by atoms with E-state index in [2.05, 4.69) is 0 Å². The number of amides is 1. The van der Waals surface area contributed by atoms with E-state index in [1.165, 1.54) is 0 Å². The third kappa shape index (κ3) is 6.86. The van der Waals surface area contributed by atoms with Crippen molar-refractivity contribution in [2.24, 2.45) is 5.73 Å². The highest BCUT2D eigenvalue weighted by atomic mass is 16.5. The van der Waals surface area contributed by atoms with Crippen LogP contribution in [0.3, 0.4) is 0 Å². The van der Waals surface area contributed by atoms with Gasteiger partial charge in [0, 0.05) is 0 Å². The van der Waals surface area contributed by atoms with Crippen molar-refractivity contribution in [1.82, 2.24) is 0 Å². The molecular formula is C10H21NO3. The summed E-state index contributed by atoms with van der Waals surface area (Å²) in [5.74, 6) is -0.414. The minimum Gasteiger partial charge on any atom is -0.373 e. The summed E-state index contributed by atoms with van der Waals surface area (Å²) in [5.41, 5.74) is 4.94. The van der Waals surface area contributed by atoms with Gasteiger partial charge in [-0.25, -0.2) is 0 Å². The third-order valence-corrected chi connectivity index (χ3v) is 1.63. The fraction of sp³-hybridized carbons (Fsp3) is 0.900. The van der Waals surface area contributed by atoms with Gasteiger partial charge in [0.25, 0.3) is 0 Å². The molecule has 0 aliphatic heterocycles. The Labute approximate surface area is 85.8 Å². The summed E-state index contributed by atoms with van der Waals surface area (Å²) < 4.78 is 10.7. The number of carbonyl (C=O) groups excluding carboxylic acids is 1. The average molecular weight is 203 g/mol. The van der Waals surface area contributed by atoms with Gasteiger partial charge in [0.05, 0.1) is 18.8 Å². The van der Waals surface area contributed by atoms with Crippen molar-refractivity contribution in [2.75, 3.05) is 13.2 Å².